The molecule has 1 heterocycles. The molecule has 2 aromatic carbocycles. The highest BCUT2D eigenvalue weighted by Crippen LogP contribution is 2.22. The summed E-state index contributed by atoms with van der Waals surface area (Å²) in [6.07, 6.45) is 0.341. The van der Waals surface area contributed by atoms with E-state index in [-0.39, 0.29) is 5.91 Å². The maximum atomic E-state index is 12.2. The van der Waals surface area contributed by atoms with Crippen molar-refractivity contribution in [2.24, 2.45) is 0 Å². The van der Waals surface area contributed by atoms with E-state index in [9.17, 15) is 4.79 Å². The molecule has 124 valence electrons. The molecule has 3 rings (SSSR count). The SMILES string of the molecule is CN(Cc1nc2ccccc2s1)C(=O)CCOc1cccc(Br)c1. The van der Waals surface area contributed by atoms with Crippen molar-refractivity contribution in [1.82, 2.24) is 9.88 Å². The smallest absolute Gasteiger partial charge is 0.226 e. The van der Waals surface area contributed by atoms with Crippen LogP contribution in [0.1, 0.15) is 11.4 Å². The maximum absolute atomic E-state index is 12.2. The Morgan fingerprint density at radius 1 is 1.25 bits per heavy atom. The molecule has 0 aliphatic heterocycles. The van der Waals surface area contributed by atoms with Crippen LogP contribution in [0.15, 0.2) is 53.0 Å². The van der Waals surface area contributed by atoms with Gasteiger partial charge in [-0.15, -0.1) is 11.3 Å². The molecule has 3 aromatic rings. The molecule has 1 aromatic heterocycles. The van der Waals surface area contributed by atoms with E-state index < -0.39 is 0 Å². The Morgan fingerprint density at radius 3 is 2.88 bits per heavy atom. The van der Waals surface area contributed by atoms with E-state index in [1.54, 1.807) is 23.3 Å². The lowest BCUT2D eigenvalue weighted by molar-refractivity contribution is -0.130. The van der Waals surface area contributed by atoms with Crippen LogP contribution >= 0.6 is 27.3 Å². The van der Waals surface area contributed by atoms with Gasteiger partial charge in [0.15, 0.2) is 0 Å². The van der Waals surface area contributed by atoms with Gasteiger partial charge in [-0.25, -0.2) is 4.98 Å². The van der Waals surface area contributed by atoms with Crippen LogP contribution in [0.25, 0.3) is 10.2 Å². The summed E-state index contributed by atoms with van der Waals surface area (Å²) in [5.41, 5.74) is 0.983. The Morgan fingerprint density at radius 2 is 2.08 bits per heavy atom. The van der Waals surface area contributed by atoms with Gasteiger partial charge in [0.2, 0.25) is 5.91 Å². The monoisotopic (exact) mass is 404 g/mol. The van der Waals surface area contributed by atoms with Gasteiger partial charge in [-0.05, 0) is 30.3 Å². The molecule has 1 amide bonds. The van der Waals surface area contributed by atoms with Crippen LogP contribution in [0, 0.1) is 0 Å². The van der Waals surface area contributed by atoms with Crippen LogP contribution in [0.3, 0.4) is 0 Å². The lowest BCUT2D eigenvalue weighted by Gasteiger charge is -2.15. The fourth-order valence-electron chi connectivity index (χ4n) is 2.28. The average Bonchev–Trinajstić information content (AvgIpc) is 2.97. The maximum Gasteiger partial charge on any atom is 0.226 e. The van der Waals surface area contributed by atoms with E-state index in [1.807, 2.05) is 48.5 Å². The van der Waals surface area contributed by atoms with Gasteiger partial charge in [-0.1, -0.05) is 34.1 Å². The topological polar surface area (TPSA) is 42.4 Å². The van der Waals surface area contributed by atoms with E-state index in [0.29, 0.717) is 19.6 Å². The molecule has 0 unspecified atom stereocenters. The van der Waals surface area contributed by atoms with Gasteiger partial charge in [-0.3, -0.25) is 4.79 Å². The number of aromatic nitrogens is 1. The summed E-state index contributed by atoms with van der Waals surface area (Å²) in [5, 5.41) is 0.944. The molecular weight excluding hydrogens is 388 g/mol. The molecule has 6 heteroatoms. The molecular formula is C18H17BrN2O2S. The van der Waals surface area contributed by atoms with Crippen LogP contribution in [0.2, 0.25) is 0 Å². The Hall–Kier alpha value is -1.92. The van der Waals surface area contributed by atoms with Crippen molar-refractivity contribution in [1.29, 1.82) is 0 Å². The number of ether oxygens (including phenoxy) is 1. The van der Waals surface area contributed by atoms with Crippen molar-refractivity contribution >= 4 is 43.4 Å². The summed E-state index contributed by atoms with van der Waals surface area (Å²) >= 11 is 5.02. The number of carbonyl (C=O) groups is 1. The molecule has 0 saturated carbocycles. The summed E-state index contributed by atoms with van der Waals surface area (Å²) in [4.78, 5) is 18.5. The zero-order chi connectivity index (χ0) is 16.9. The third kappa shape index (κ3) is 4.33. The van der Waals surface area contributed by atoms with Gasteiger partial charge in [0.05, 0.1) is 29.8 Å². The molecule has 0 aliphatic carbocycles. The van der Waals surface area contributed by atoms with E-state index in [1.165, 1.54) is 0 Å². The summed E-state index contributed by atoms with van der Waals surface area (Å²) in [6.45, 7) is 0.883. The summed E-state index contributed by atoms with van der Waals surface area (Å²) in [5.74, 6) is 0.801. The second kappa shape index (κ2) is 7.77. The highest BCUT2D eigenvalue weighted by atomic mass is 79.9. The van der Waals surface area contributed by atoms with Crippen LogP contribution in [0.5, 0.6) is 5.75 Å². The largest absolute Gasteiger partial charge is 0.493 e. The number of thiazole rings is 1. The van der Waals surface area contributed by atoms with Crippen molar-refractivity contribution in [2.75, 3.05) is 13.7 Å². The van der Waals surface area contributed by atoms with Gasteiger partial charge in [0, 0.05) is 11.5 Å². The third-order valence-electron chi connectivity index (χ3n) is 3.52. The lowest BCUT2D eigenvalue weighted by Crippen LogP contribution is -2.27. The quantitative estimate of drug-likeness (QED) is 0.607. The number of amides is 1. The second-order valence-electron chi connectivity index (χ2n) is 5.38. The van der Waals surface area contributed by atoms with Crippen molar-refractivity contribution in [3.05, 3.63) is 58.0 Å². The average molecular weight is 405 g/mol. The van der Waals surface area contributed by atoms with Crippen molar-refractivity contribution < 1.29 is 9.53 Å². The molecule has 0 bridgehead atoms. The number of rotatable bonds is 6. The van der Waals surface area contributed by atoms with Crippen LogP contribution < -0.4 is 4.74 Å². The summed E-state index contributed by atoms with van der Waals surface area (Å²) in [6, 6.07) is 15.6. The van der Waals surface area contributed by atoms with Gasteiger partial charge in [0.25, 0.3) is 0 Å². The number of carbonyl (C=O) groups excluding carboxylic acids is 1. The summed E-state index contributed by atoms with van der Waals surface area (Å²) in [7, 11) is 1.80. The highest BCUT2D eigenvalue weighted by Gasteiger charge is 2.12. The first-order valence-corrected chi connectivity index (χ1v) is 9.19. The van der Waals surface area contributed by atoms with E-state index in [2.05, 4.69) is 20.9 Å². The number of para-hydroxylation sites is 1. The predicted octanol–water partition coefficient (Wildman–Crippen LogP) is 4.49. The van der Waals surface area contributed by atoms with Crippen LogP contribution in [-0.4, -0.2) is 29.4 Å². The summed E-state index contributed by atoms with van der Waals surface area (Å²) < 4.78 is 7.72. The molecule has 4 nitrogen and oxygen atoms in total. The van der Waals surface area contributed by atoms with Gasteiger partial charge < -0.3 is 9.64 Å². The fraction of sp³-hybridized carbons (Fsp3) is 0.222. The molecule has 0 aliphatic rings. The zero-order valence-electron chi connectivity index (χ0n) is 13.2. The number of halogens is 1. The first kappa shape index (κ1) is 16.9. The first-order valence-electron chi connectivity index (χ1n) is 7.58. The normalized spacial score (nSPS) is 10.8. The molecule has 0 radical (unpaired) electrons. The van der Waals surface area contributed by atoms with E-state index in [0.717, 1.165) is 25.4 Å². The van der Waals surface area contributed by atoms with Gasteiger partial charge in [-0.2, -0.15) is 0 Å². The number of hydrogen-bond donors (Lipinski definition) is 0. The fourth-order valence-corrected chi connectivity index (χ4v) is 3.68. The molecule has 0 spiro atoms. The van der Waals surface area contributed by atoms with Crippen molar-refractivity contribution in [2.45, 2.75) is 13.0 Å². The lowest BCUT2D eigenvalue weighted by atomic mass is 10.3. The number of benzene rings is 2. The molecule has 0 fully saturated rings. The number of nitrogens with zero attached hydrogens (tertiary/aromatic N) is 2. The Bertz CT molecular complexity index is 817. The molecule has 0 N–H and O–H groups in total. The molecule has 24 heavy (non-hydrogen) atoms. The van der Waals surface area contributed by atoms with E-state index >= 15 is 0 Å². The second-order valence-corrected chi connectivity index (χ2v) is 7.41. The predicted molar refractivity (Wildman–Crippen MR) is 100 cm³/mol. The van der Waals surface area contributed by atoms with Crippen molar-refractivity contribution in [3.8, 4) is 5.75 Å². The zero-order valence-corrected chi connectivity index (χ0v) is 15.6. The Kier molecular flexibility index (Phi) is 5.48. The molecule has 0 atom stereocenters. The first-order chi connectivity index (χ1) is 11.6. The van der Waals surface area contributed by atoms with E-state index in [4.69, 9.17) is 4.74 Å². The van der Waals surface area contributed by atoms with Crippen molar-refractivity contribution in [3.63, 3.8) is 0 Å². The van der Waals surface area contributed by atoms with Crippen LogP contribution in [-0.2, 0) is 11.3 Å². The van der Waals surface area contributed by atoms with Gasteiger partial charge >= 0.3 is 0 Å². The minimum atomic E-state index is 0.0456. The standard InChI is InChI=1S/C18H17BrN2O2S/c1-21(12-17-20-15-7-2-3-8-16(15)24-17)18(22)9-10-23-14-6-4-5-13(19)11-14/h2-8,11H,9-10,12H2,1H3. The number of hydrogen-bond acceptors (Lipinski definition) is 4. The Balaban J connectivity index is 1.51. The third-order valence-corrected chi connectivity index (χ3v) is 5.03. The highest BCUT2D eigenvalue weighted by molar-refractivity contribution is 9.10. The van der Waals surface area contributed by atoms with Gasteiger partial charge in [0.1, 0.15) is 10.8 Å². The minimum Gasteiger partial charge on any atom is -0.493 e. The molecule has 0 saturated heterocycles. The Labute approximate surface area is 153 Å². The minimum absolute atomic E-state index is 0.0456. The van der Waals surface area contributed by atoms with Crippen LogP contribution in [0.4, 0.5) is 0 Å². The number of fused-ring (bicyclic) bond motifs is 1.